The molecule has 3 N–H and O–H groups in total. The van der Waals surface area contributed by atoms with Gasteiger partial charge in [-0.3, -0.25) is 4.90 Å². The molecule has 10 nitrogen and oxygen atoms in total. The van der Waals surface area contributed by atoms with Gasteiger partial charge in [0.2, 0.25) is 0 Å². The van der Waals surface area contributed by atoms with E-state index in [0.717, 1.165) is 44.8 Å². The molecule has 2 amide bonds. The molecule has 2 aromatic rings. The van der Waals surface area contributed by atoms with Crippen molar-refractivity contribution >= 4 is 52.5 Å². The van der Waals surface area contributed by atoms with Crippen LogP contribution in [-0.2, 0) is 19.1 Å². The lowest BCUT2D eigenvalue weighted by Gasteiger charge is -2.36. The van der Waals surface area contributed by atoms with Crippen molar-refractivity contribution in [3.63, 3.8) is 0 Å². The molecule has 1 atom stereocenters. The monoisotopic (exact) mass is 643 g/mol. The first kappa shape index (κ1) is 33.2. The zero-order valence-electron chi connectivity index (χ0n) is 25.5. The van der Waals surface area contributed by atoms with Gasteiger partial charge in [0.15, 0.2) is 0 Å². The van der Waals surface area contributed by atoms with Gasteiger partial charge in [0, 0.05) is 55.5 Å². The second kappa shape index (κ2) is 15.3. The number of anilines is 2. The van der Waals surface area contributed by atoms with E-state index in [4.69, 9.17) is 32.7 Å². The van der Waals surface area contributed by atoms with E-state index in [2.05, 4.69) is 25.8 Å². The van der Waals surface area contributed by atoms with Crippen LogP contribution in [0.4, 0.5) is 16.2 Å². The molecule has 2 aromatic carbocycles. The van der Waals surface area contributed by atoms with E-state index in [1.54, 1.807) is 39.0 Å². The Morgan fingerprint density at radius 3 is 2.32 bits per heavy atom. The van der Waals surface area contributed by atoms with Gasteiger partial charge in [-0.1, -0.05) is 35.3 Å². The fourth-order valence-electron chi connectivity index (χ4n) is 5.57. The molecular weight excluding hydrogens is 605 g/mol. The molecule has 1 unspecified atom stereocenters. The summed E-state index contributed by atoms with van der Waals surface area (Å²) in [5.74, 6) is -1.81. The summed E-state index contributed by atoms with van der Waals surface area (Å²) < 4.78 is 10.4. The number of carbonyl (C=O) groups is 3. The summed E-state index contributed by atoms with van der Waals surface area (Å²) in [7, 11) is 1.30. The number of dihydropyridines is 1. The fourth-order valence-corrected chi connectivity index (χ4v) is 5.87. The summed E-state index contributed by atoms with van der Waals surface area (Å²) in [6.45, 7) is 10.4. The van der Waals surface area contributed by atoms with E-state index < -0.39 is 17.9 Å². The fraction of sp³-hybridized carbons (Fsp3) is 0.406. The van der Waals surface area contributed by atoms with Crippen molar-refractivity contribution in [3.05, 3.63) is 80.6 Å². The van der Waals surface area contributed by atoms with E-state index >= 15 is 0 Å². The summed E-state index contributed by atoms with van der Waals surface area (Å²) in [5.41, 5.74) is 4.03. The van der Waals surface area contributed by atoms with Crippen molar-refractivity contribution in [3.8, 4) is 0 Å². The number of hydrogen-bond acceptors (Lipinski definition) is 8. The molecule has 2 aliphatic rings. The van der Waals surface area contributed by atoms with Crippen molar-refractivity contribution in [2.45, 2.75) is 33.1 Å². The normalized spacial score (nSPS) is 17.2. The van der Waals surface area contributed by atoms with Gasteiger partial charge in [0.25, 0.3) is 0 Å². The zero-order valence-corrected chi connectivity index (χ0v) is 27.0. The predicted octanol–water partition coefficient (Wildman–Crippen LogP) is 5.30. The number of urea groups is 1. The minimum Gasteiger partial charge on any atom is -0.466 e. The molecule has 0 spiro atoms. The highest BCUT2D eigenvalue weighted by atomic mass is 35.5. The number of carbonyl (C=O) groups excluding carboxylic acids is 3. The van der Waals surface area contributed by atoms with Crippen molar-refractivity contribution < 1.29 is 23.9 Å². The maximum atomic E-state index is 13.0. The number of piperazine rings is 1. The van der Waals surface area contributed by atoms with Gasteiger partial charge >= 0.3 is 18.0 Å². The zero-order chi connectivity index (χ0) is 31.8. The molecule has 1 fully saturated rings. The highest BCUT2D eigenvalue weighted by Gasteiger charge is 2.37. The third kappa shape index (κ3) is 8.05. The number of esters is 2. The van der Waals surface area contributed by atoms with Crippen LogP contribution in [-0.4, -0.2) is 75.9 Å². The van der Waals surface area contributed by atoms with Crippen LogP contribution in [0, 0.1) is 0 Å². The van der Waals surface area contributed by atoms with Gasteiger partial charge in [-0.2, -0.15) is 0 Å². The summed E-state index contributed by atoms with van der Waals surface area (Å²) >= 11 is 12.2. The Kier molecular flexibility index (Phi) is 11.5. The van der Waals surface area contributed by atoms with E-state index in [0.29, 0.717) is 50.4 Å². The SMILES string of the molecule is CCOC(=O)C1=C(C)NC(C)=C(C(=O)OC)C1c1cccc(NC(=O)NCCCN2CCN(c3ccc(Cl)c(Cl)c3)CC2)c1. The Morgan fingerprint density at radius 2 is 1.66 bits per heavy atom. The van der Waals surface area contributed by atoms with Crippen LogP contribution in [0.15, 0.2) is 65.0 Å². The molecule has 0 saturated carbocycles. The van der Waals surface area contributed by atoms with Gasteiger partial charge in [-0.25, -0.2) is 14.4 Å². The number of hydrogen-bond donors (Lipinski definition) is 3. The number of rotatable bonds is 10. The van der Waals surface area contributed by atoms with E-state index in [1.807, 2.05) is 24.3 Å². The quantitative estimate of drug-likeness (QED) is 0.236. The first-order valence-corrected chi connectivity index (χ1v) is 15.4. The van der Waals surface area contributed by atoms with Crippen molar-refractivity contribution in [2.75, 3.05) is 63.2 Å². The summed E-state index contributed by atoms with van der Waals surface area (Å²) in [5, 5.41) is 10.0. The molecule has 4 rings (SSSR count). The Morgan fingerprint density at radius 1 is 0.955 bits per heavy atom. The second-order valence-corrected chi connectivity index (χ2v) is 11.4. The van der Waals surface area contributed by atoms with Gasteiger partial charge in [-0.15, -0.1) is 0 Å². The highest BCUT2D eigenvalue weighted by molar-refractivity contribution is 6.42. The van der Waals surface area contributed by atoms with Crippen LogP contribution in [0.3, 0.4) is 0 Å². The molecule has 2 heterocycles. The third-order valence-electron chi connectivity index (χ3n) is 7.72. The van der Waals surface area contributed by atoms with E-state index in [1.165, 1.54) is 7.11 Å². The van der Waals surface area contributed by atoms with Crippen molar-refractivity contribution in [1.29, 1.82) is 0 Å². The highest BCUT2D eigenvalue weighted by Crippen LogP contribution is 2.40. The number of halogens is 2. The second-order valence-electron chi connectivity index (χ2n) is 10.6. The van der Waals surface area contributed by atoms with Gasteiger partial charge in [0.05, 0.1) is 40.8 Å². The summed E-state index contributed by atoms with van der Waals surface area (Å²) in [6.07, 6.45) is 0.800. The Bertz CT molecular complexity index is 1450. The molecule has 1 saturated heterocycles. The van der Waals surface area contributed by atoms with Gasteiger partial charge < -0.3 is 30.3 Å². The van der Waals surface area contributed by atoms with E-state index in [9.17, 15) is 14.4 Å². The van der Waals surface area contributed by atoms with Crippen molar-refractivity contribution in [2.24, 2.45) is 0 Å². The van der Waals surface area contributed by atoms with Gasteiger partial charge in [0.1, 0.15) is 0 Å². The lowest BCUT2D eigenvalue weighted by molar-refractivity contribution is -0.139. The van der Waals surface area contributed by atoms with Crippen LogP contribution < -0.4 is 20.9 Å². The molecule has 2 aliphatic heterocycles. The topological polar surface area (TPSA) is 112 Å². The van der Waals surface area contributed by atoms with Gasteiger partial charge in [-0.05, 0) is 69.6 Å². The molecular formula is C32H39Cl2N5O5. The average molecular weight is 645 g/mol. The van der Waals surface area contributed by atoms with Crippen LogP contribution in [0.2, 0.25) is 10.0 Å². The smallest absolute Gasteiger partial charge is 0.336 e. The number of nitrogens with zero attached hydrogens (tertiary/aromatic N) is 2. The van der Waals surface area contributed by atoms with Crippen LogP contribution in [0.5, 0.6) is 0 Å². The summed E-state index contributed by atoms with van der Waals surface area (Å²) in [4.78, 5) is 43.2. The molecule has 0 aromatic heterocycles. The van der Waals surface area contributed by atoms with Crippen LogP contribution in [0.1, 0.15) is 38.7 Å². The third-order valence-corrected chi connectivity index (χ3v) is 8.46. The molecule has 0 bridgehead atoms. The van der Waals surface area contributed by atoms with Crippen molar-refractivity contribution in [1.82, 2.24) is 15.5 Å². The molecule has 236 valence electrons. The number of ether oxygens (including phenoxy) is 2. The molecule has 0 aliphatic carbocycles. The molecule has 12 heteroatoms. The predicted molar refractivity (Wildman–Crippen MR) is 173 cm³/mol. The minimum absolute atomic E-state index is 0.190. The molecule has 44 heavy (non-hydrogen) atoms. The standard InChI is InChI=1S/C32H39Cl2N5O5/c1-5-44-31(41)28-21(3)36-20(2)27(30(40)43-4)29(28)22-8-6-9-23(18-22)37-32(42)35-12-7-13-38-14-16-39(17-15-38)24-10-11-25(33)26(34)19-24/h6,8-11,18-19,29,36H,5,7,12-17H2,1-4H3,(H2,35,37,42). The number of methoxy groups -OCH3 is 1. The maximum absolute atomic E-state index is 13.0. The minimum atomic E-state index is -0.732. The number of benzene rings is 2. The van der Waals surface area contributed by atoms with Crippen LogP contribution in [0.25, 0.3) is 0 Å². The average Bonchev–Trinajstić information content (AvgIpc) is 3.00. The Labute approximate surface area is 268 Å². The Balaban J connectivity index is 1.32. The maximum Gasteiger partial charge on any atom is 0.336 e. The number of amides is 2. The molecule has 0 radical (unpaired) electrons. The first-order valence-electron chi connectivity index (χ1n) is 14.6. The number of nitrogens with one attached hydrogen (secondary N) is 3. The Hall–Kier alpha value is -3.73. The number of allylic oxidation sites excluding steroid dienone is 2. The largest absolute Gasteiger partial charge is 0.466 e. The lowest BCUT2D eigenvalue weighted by Crippen LogP contribution is -2.47. The first-order chi connectivity index (χ1) is 21.1. The van der Waals surface area contributed by atoms with Crippen LogP contribution >= 0.6 is 23.2 Å². The summed E-state index contributed by atoms with van der Waals surface area (Å²) in [6, 6.07) is 12.5. The lowest BCUT2D eigenvalue weighted by atomic mass is 9.80. The van der Waals surface area contributed by atoms with E-state index in [-0.39, 0.29) is 12.6 Å².